The molecule has 0 saturated heterocycles. The van der Waals surface area contributed by atoms with E-state index in [1.165, 1.54) is 45.7 Å². The van der Waals surface area contributed by atoms with Crippen molar-refractivity contribution in [3.63, 3.8) is 0 Å². The molecular formula is C33H30BrN3O8. The Hall–Kier alpha value is -5.36. The Kier molecular flexibility index (Phi) is 11.1. The first-order valence-corrected chi connectivity index (χ1v) is 14.3. The van der Waals surface area contributed by atoms with Crippen molar-refractivity contribution >= 4 is 45.6 Å². The summed E-state index contributed by atoms with van der Waals surface area (Å²) in [6, 6.07) is 21.1. The van der Waals surface area contributed by atoms with Gasteiger partial charge in [0.15, 0.2) is 23.0 Å². The molecule has 0 aromatic heterocycles. The van der Waals surface area contributed by atoms with Crippen molar-refractivity contribution in [3.8, 4) is 28.7 Å². The first kappa shape index (κ1) is 32.6. The fourth-order valence-electron chi connectivity index (χ4n) is 4.09. The van der Waals surface area contributed by atoms with Gasteiger partial charge in [0, 0.05) is 21.3 Å². The maximum absolute atomic E-state index is 13.0. The highest BCUT2D eigenvalue weighted by molar-refractivity contribution is 9.10. The van der Waals surface area contributed by atoms with E-state index in [0.717, 1.165) is 4.47 Å². The molecule has 0 atom stereocenters. The lowest BCUT2D eigenvalue weighted by Gasteiger charge is -2.14. The summed E-state index contributed by atoms with van der Waals surface area (Å²) >= 11 is 3.34. The number of hydrogen-bond acceptors (Lipinski definition) is 9. The minimum Gasteiger partial charge on any atom is -0.493 e. The van der Waals surface area contributed by atoms with Crippen LogP contribution in [0.25, 0.3) is 0 Å². The van der Waals surface area contributed by atoms with Gasteiger partial charge in [-0.2, -0.15) is 5.10 Å². The molecule has 0 aliphatic rings. The molecule has 0 fully saturated rings. The fourth-order valence-corrected chi connectivity index (χ4v) is 4.35. The molecule has 2 N–H and O–H groups in total. The van der Waals surface area contributed by atoms with Gasteiger partial charge in [-0.15, -0.1) is 0 Å². The second kappa shape index (κ2) is 15.4. The Labute approximate surface area is 268 Å². The summed E-state index contributed by atoms with van der Waals surface area (Å²) in [6.45, 7) is 2.15. The Morgan fingerprint density at radius 1 is 0.756 bits per heavy atom. The van der Waals surface area contributed by atoms with Crippen LogP contribution >= 0.6 is 15.9 Å². The summed E-state index contributed by atoms with van der Waals surface area (Å²) in [6.07, 6.45) is 1.43. The highest BCUT2D eigenvalue weighted by Crippen LogP contribution is 2.38. The Balaban J connectivity index is 1.41. The molecule has 0 spiro atoms. The molecular weight excluding hydrogens is 646 g/mol. The number of hydrazone groups is 1. The summed E-state index contributed by atoms with van der Waals surface area (Å²) in [5.41, 5.74) is 4.37. The molecule has 45 heavy (non-hydrogen) atoms. The van der Waals surface area contributed by atoms with Gasteiger partial charge in [0.2, 0.25) is 5.75 Å². The Morgan fingerprint density at radius 2 is 1.47 bits per heavy atom. The molecule has 4 aromatic carbocycles. The molecule has 0 bridgehead atoms. The lowest BCUT2D eigenvalue weighted by atomic mass is 10.1. The van der Waals surface area contributed by atoms with E-state index in [1.54, 1.807) is 60.7 Å². The predicted molar refractivity (Wildman–Crippen MR) is 172 cm³/mol. The van der Waals surface area contributed by atoms with Crippen molar-refractivity contribution in [1.29, 1.82) is 0 Å². The third kappa shape index (κ3) is 8.39. The maximum Gasteiger partial charge on any atom is 0.343 e. The van der Waals surface area contributed by atoms with Gasteiger partial charge in [-0.25, -0.2) is 10.2 Å². The summed E-state index contributed by atoms with van der Waals surface area (Å²) < 4.78 is 28.0. The zero-order valence-corrected chi connectivity index (χ0v) is 26.5. The number of halogens is 1. The lowest BCUT2D eigenvalue weighted by Crippen LogP contribution is -2.18. The van der Waals surface area contributed by atoms with Crippen LogP contribution in [0.3, 0.4) is 0 Å². The van der Waals surface area contributed by atoms with Crippen molar-refractivity contribution in [2.24, 2.45) is 5.10 Å². The smallest absolute Gasteiger partial charge is 0.343 e. The van der Waals surface area contributed by atoms with E-state index in [4.69, 9.17) is 23.7 Å². The van der Waals surface area contributed by atoms with Crippen molar-refractivity contribution in [2.45, 2.75) is 6.92 Å². The lowest BCUT2D eigenvalue weighted by molar-refractivity contribution is 0.0728. The van der Waals surface area contributed by atoms with Gasteiger partial charge in [0.05, 0.1) is 39.7 Å². The highest BCUT2D eigenvalue weighted by Gasteiger charge is 2.18. The van der Waals surface area contributed by atoms with Gasteiger partial charge >= 0.3 is 5.97 Å². The second-order valence-electron chi connectivity index (χ2n) is 9.18. The van der Waals surface area contributed by atoms with Crippen LogP contribution in [-0.4, -0.2) is 51.9 Å². The Bertz CT molecular complexity index is 1700. The van der Waals surface area contributed by atoms with Crippen molar-refractivity contribution in [1.82, 2.24) is 5.43 Å². The predicted octanol–water partition coefficient (Wildman–Crippen LogP) is 6.11. The van der Waals surface area contributed by atoms with Gasteiger partial charge in [0.1, 0.15) is 0 Å². The van der Waals surface area contributed by atoms with Crippen LogP contribution < -0.4 is 34.4 Å². The molecule has 2 amide bonds. The van der Waals surface area contributed by atoms with E-state index in [1.807, 2.05) is 6.92 Å². The summed E-state index contributed by atoms with van der Waals surface area (Å²) in [7, 11) is 4.39. The summed E-state index contributed by atoms with van der Waals surface area (Å²) in [4.78, 5) is 38.4. The van der Waals surface area contributed by atoms with Crippen LogP contribution in [0.5, 0.6) is 28.7 Å². The number of rotatable bonds is 12. The average molecular weight is 677 g/mol. The van der Waals surface area contributed by atoms with Gasteiger partial charge in [-0.05, 0) is 85.3 Å². The molecule has 0 saturated carbocycles. The number of anilines is 1. The van der Waals surface area contributed by atoms with Crippen LogP contribution in [-0.2, 0) is 0 Å². The van der Waals surface area contributed by atoms with Gasteiger partial charge in [0.25, 0.3) is 11.8 Å². The largest absolute Gasteiger partial charge is 0.493 e. The number of hydrogen-bond donors (Lipinski definition) is 2. The van der Waals surface area contributed by atoms with Crippen LogP contribution in [0.4, 0.5) is 5.69 Å². The van der Waals surface area contributed by atoms with Crippen LogP contribution in [0.2, 0.25) is 0 Å². The third-order valence-electron chi connectivity index (χ3n) is 6.24. The van der Waals surface area contributed by atoms with E-state index >= 15 is 0 Å². The van der Waals surface area contributed by atoms with Crippen LogP contribution in [0, 0.1) is 0 Å². The zero-order valence-electron chi connectivity index (χ0n) is 24.9. The monoisotopic (exact) mass is 675 g/mol. The molecule has 0 radical (unpaired) electrons. The minimum atomic E-state index is -0.529. The number of nitrogens with one attached hydrogen (secondary N) is 2. The molecule has 4 rings (SSSR count). The standard InChI is InChI=1S/C33H30BrN3O8/c1-5-44-27-15-20(9-14-26(27)45-33(40)21-10-12-24(34)13-11-21)19-35-37-32(39)22-7-6-8-25(16-22)36-31(38)23-17-28(41-2)30(43-4)29(18-23)42-3/h6-19H,5H2,1-4H3,(H,36,38)(H,37,39). The molecule has 0 aliphatic carbocycles. The van der Waals surface area contributed by atoms with Gasteiger partial charge < -0.3 is 29.0 Å². The van der Waals surface area contributed by atoms with Crippen molar-refractivity contribution in [3.05, 3.63) is 106 Å². The quantitative estimate of drug-likeness (QED) is 0.0795. The van der Waals surface area contributed by atoms with Gasteiger partial charge in [-0.1, -0.05) is 22.0 Å². The summed E-state index contributed by atoms with van der Waals surface area (Å²) in [5.74, 6) is 0.140. The van der Waals surface area contributed by atoms with Gasteiger partial charge in [-0.3, -0.25) is 9.59 Å². The molecule has 12 heteroatoms. The number of nitrogens with zero attached hydrogens (tertiary/aromatic N) is 1. The fraction of sp³-hybridized carbons (Fsp3) is 0.152. The third-order valence-corrected chi connectivity index (χ3v) is 6.77. The van der Waals surface area contributed by atoms with E-state index in [0.29, 0.717) is 46.4 Å². The van der Waals surface area contributed by atoms with Crippen LogP contribution in [0.15, 0.2) is 88.4 Å². The highest BCUT2D eigenvalue weighted by atomic mass is 79.9. The number of benzene rings is 4. The number of carbonyl (C=O) groups excluding carboxylic acids is 3. The van der Waals surface area contributed by atoms with Crippen LogP contribution in [0.1, 0.15) is 43.6 Å². The first-order chi connectivity index (χ1) is 21.8. The molecule has 4 aromatic rings. The first-order valence-electron chi connectivity index (χ1n) is 13.6. The molecule has 11 nitrogen and oxygen atoms in total. The average Bonchev–Trinajstić information content (AvgIpc) is 3.05. The molecule has 0 aliphatic heterocycles. The normalized spacial score (nSPS) is 10.6. The van der Waals surface area contributed by atoms with E-state index in [2.05, 4.69) is 31.8 Å². The molecule has 0 heterocycles. The second-order valence-corrected chi connectivity index (χ2v) is 10.1. The summed E-state index contributed by atoms with van der Waals surface area (Å²) in [5, 5.41) is 6.80. The van der Waals surface area contributed by atoms with Crippen molar-refractivity contribution in [2.75, 3.05) is 33.3 Å². The number of ether oxygens (including phenoxy) is 5. The molecule has 0 unspecified atom stereocenters. The SMILES string of the molecule is CCOc1cc(C=NNC(=O)c2cccc(NC(=O)c3cc(OC)c(OC)c(OC)c3)c2)ccc1OC(=O)c1ccc(Br)cc1. The minimum absolute atomic E-state index is 0.247. The van der Waals surface area contributed by atoms with Crippen molar-refractivity contribution < 1.29 is 38.1 Å². The Morgan fingerprint density at radius 3 is 2.11 bits per heavy atom. The topological polar surface area (TPSA) is 134 Å². The maximum atomic E-state index is 13.0. The van der Waals surface area contributed by atoms with E-state index in [9.17, 15) is 14.4 Å². The van der Waals surface area contributed by atoms with E-state index in [-0.39, 0.29) is 16.9 Å². The number of amides is 2. The zero-order chi connectivity index (χ0) is 32.3. The number of methoxy groups -OCH3 is 3. The number of esters is 1. The number of carbonyl (C=O) groups is 3. The molecule has 232 valence electrons. The van der Waals surface area contributed by atoms with E-state index < -0.39 is 17.8 Å².